The largest absolute Gasteiger partial charge is 0.352 e. The van der Waals surface area contributed by atoms with Gasteiger partial charge >= 0.3 is 0 Å². The molecule has 0 bridgehead atoms. The molecule has 8 nitrogen and oxygen atoms in total. The monoisotopic (exact) mass is 397 g/mol. The number of hydrogen-bond donors (Lipinski definition) is 1. The van der Waals surface area contributed by atoms with Gasteiger partial charge in [-0.2, -0.15) is 4.68 Å². The van der Waals surface area contributed by atoms with Crippen molar-refractivity contribution in [1.82, 2.24) is 30.4 Å². The SMILES string of the molecule is Cc1ccc(-n2nnnc2N2CCN(CC(=O)NC3CCCC(C)C3)CC2)cc1. The van der Waals surface area contributed by atoms with E-state index in [0.29, 0.717) is 12.6 Å². The van der Waals surface area contributed by atoms with Crippen LogP contribution in [0.2, 0.25) is 0 Å². The van der Waals surface area contributed by atoms with E-state index in [1.165, 1.54) is 18.4 Å². The maximum absolute atomic E-state index is 12.5. The van der Waals surface area contributed by atoms with Gasteiger partial charge in [-0.25, -0.2) is 0 Å². The minimum atomic E-state index is 0.155. The second kappa shape index (κ2) is 8.90. The van der Waals surface area contributed by atoms with Crippen LogP contribution in [0.15, 0.2) is 24.3 Å². The lowest BCUT2D eigenvalue weighted by molar-refractivity contribution is -0.123. The maximum atomic E-state index is 12.5. The Morgan fingerprint density at radius 3 is 2.62 bits per heavy atom. The van der Waals surface area contributed by atoms with Crippen LogP contribution in [-0.4, -0.2) is 69.8 Å². The fraction of sp³-hybridized carbons (Fsp3) is 0.619. The minimum Gasteiger partial charge on any atom is -0.352 e. The molecule has 1 aromatic carbocycles. The lowest BCUT2D eigenvalue weighted by Crippen LogP contribution is -2.51. The van der Waals surface area contributed by atoms with E-state index in [2.05, 4.69) is 56.6 Å². The fourth-order valence-corrected chi connectivity index (χ4v) is 4.38. The summed E-state index contributed by atoms with van der Waals surface area (Å²) in [4.78, 5) is 16.9. The highest BCUT2D eigenvalue weighted by Gasteiger charge is 2.25. The van der Waals surface area contributed by atoms with Crippen molar-refractivity contribution >= 4 is 11.9 Å². The summed E-state index contributed by atoms with van der Waals surface area (Å²) in [7, 11) is 0. The fourth-order valence-electron chi connectivity index (χ4n) is 4.38. The van der Waals surface area contributed by atoms with Gasteiger partial charge in [-0.1, -0.05) is 42.6 Å². The predicted octanol–water partition coefficient (Wildman–Crippen LogP) is 1.79. The Balaban J connectivity index is 1.29. The topological polar surface area (TPSA) is 79.2 Å². The molecule has 2 unspecified atom stereocenters. The van der Waals surface area contributed by atoms with Crippen LogP contribution < -0.4 is 10.2 Å². The summed E-state index contributed by atoms with van der Waals surface area (Å²) >= 11 is 0. The summed E-state index contributed by atoms with van der Waals surface area (Å²) in [6, 6.07) is 8.53. The molecular weight excluding hydrogens is 366 g/mol. The van der Waals surface area contributed by atoms with Crippen molar-refractivity contribution in [3.05, 3.63) is 29.8 Å². The molecule has 4 rings (SSSR count). The van der Waals surface area contributed by atoms with Crippen molar-refractivity contribution in [2.24, 2.45) is 5.92 Å². The number of carbonyl (C=O) groups excluding carboxylic acids is 1. The summed E-state index contributed by atoms with van der Waals surface area (Å²) < 4.78 is 1.78. The molecule has 1 aliphatic heterocycles. The van der Waals surface area contributed by atoms with Gasteiger partial charge in [0.25, 0.3) is 0 Å². The number of benzene rings is 1. The number of carbonyl (C=O) groups is 1. The molecule has 2 aromatic rings. The van der Waals surface area contributed by atoms with Crippen LogP contribution in [-0.2, 0) is 4.79 Å². The first-order valence-electron chi connectivity index (χ1n) is 10.7. The van der Waals surface area contributed by atoms with E-state index < -0.39 is 0 Å². The Morgan fingerprint density at radius 1 is 1.14 bits per heavy atom. The zero-order valence-corrected chi connectivity index (χ0v) is 17.4. The number of aromatic nitrogens is 4. The second-order valence-electron chi connectivity index (χ2n) is 8.53. The van der Waals surface area contributed by atoms with Crippen LogP contribution in [0.3, 0.4) is 0 Å². The van der Waals surface area contributed by atoms with Crippen LogP contribution in [0.5, 0.6) is 0 Å². The Kier molecular flexibility index (Phi) is 6.08. The van der Waals surface area contributed by atoms with Crippen LogP contribution in [0.25, 0.3) is 5.69 Å². The van der Waals surface area contributed by atoms with Gasteiger partial charge in [-0.3, -0.25) is 9.69 Å². The quantitative estimate of drug-likeness (QED) is 0.829. The van der Waals surface area contributed by atoms with Crippen LogP contribution in [0, 0.1) is 12.8 Å². The van der Waals surface area contributed by atoms with E-state index in [-0.39, 0.29) is 5.91 Å². The lowest BCUT2D eigenvalue weighted by Gasteiger charge is -2.35. The van der Waals surface area contributed by atoms with Gasteiger partial charge in [0.05, 0.1) is 12.2 Å². The molecule has 156 valence electrons. The third kappa shape index (κ3) is 4.93. The average molecular weight is 398 g/mol. The molecule has 8 heteroatoms. The maximum Gasteiger partial charge on any atom is 0.250 e. The molecular formula is C21H31N7O. The highest BCUT2D eigenvalue weighted by molar-refractivity contribution is 5.78. The van der Waals surface area contributed by atoms with E-state index in [1.807, 2.05) is 12.1 Å². The molecule has 2 aliphatic rings. The standard InChI is InChI=1S/C21H31N7O/c1-16-6-8-19(9-7-16)28-21(23-24-25-28)27-12-10-26(11-13-27)15-20(29)22-18-5-3-4-17(2)14-18/h6-9,17-18H,3-5,10-15H2,1-2H3,(H,22,29). The van der Waals surface area contributed by atoms with Gasteiger partial charge in [0.1, 0.15) is 0 Å². The smallest absolute Gasteiger partial charge is 0.250 e. The van der Waals surface area contributed by atoms with Crippen molar-refractivity contribution in [3.63, 3.8) is 0 Å². The molecule has 2 fully saturated rings. The molecule has 1 amide bonds. The first kappa shape index (κ1) is 19.8. The van der Waals surface area contributed by atoms with Gasteiger partial charge in [-0.15, -0.1) is 0 Å². The number of piperazine rings is 1. The third-order valence-corrected chi connectivity index (χ3v) is 6.06. The van der Waals surface area contributed by atoms with Crippen molar-refractivity contribution in [2.75, 3.05) is 37.6 Å². The van der Waals surface area contributed by atoms with Crippen LogP contribution in [0.1, 0.15) is 38.2 Å². The number of tetrazole rings is 1. The summed E-state index contributed by atoms with van der Waals surface area (Å²) in [5.41, 5.74) is 2.16. The molecule has 1 saturated carbocycles. The Labute approximate surface area is 172 Å². The molecule has 29 heavy (non-hydrogen) atoms. The normalized spacial score (nSPS) is 23.2. The zero-order valence-electron chi connectivity index (χ0n) is 17.4. The molecule has 1 aromatic heterocycles. The molecule has 2 atom stereocenters. The third-order valence-electron chi connectivity index (χ3n) is 6.06. The van der Waals surface area contributed by atoms with E-state index in [4.69, 9.17) is 0 Å². The Morgan fingerprint density at radius 2 is 1.90 bits per heavy atom. The van der Waals surface area contributed by atoms with Gasteiger partial charge in [0.2, 0.25) is 11.9 Å². The second-order valence-corrected chi connectivity index (χ2v) is 8.53. The zero-order chi connectivity index (χ0) is 20.2. The lowest BCUT2D eigenvalue weighted by atomic mass is 9.87. The highest BCUT2D eigenvalue weighted by atomic mass is 16.2. The van der Waals surface area contributed by atoms with E-state index in [9.17, 15) is 4.79 Å². The number of anilines is 1. The van der Waals surface area contributed by atoms with E-state index in [0.717, 1.165) is 56.6 Å². The first-order chi connectivity index (χ1) is 14.1. The van der Waals surface area contributed by atoms with E-state index in [1.54, 1.807) is 4.68 Å². The Bertz CT molecular complexity index is 811. The number of amides is 1. The number of aryl methyl sites for hydroxylation is 1. The molecule has 0 radical (unpaired) electrons. The Hall–Kier alpha value is -2.48. The summed E-state index contributed by atoms with van der Waals surface area (Å²) in [6.07, 6.45) is 4.74. The highest BCUT2D eigenvalue weighted by Crippen LogP contribution is 2.23. The van der Waals surface area contributed by atoms with Gasteiger partial charge in [0.15, 0.2) is 0 Å². The number of nitrogens with one attached hydrogen (secondary N) is 1. The number of rotatable bonds is 5. The minimum absolute atomic E-state index is 0.155. The van der Waals surface area contributed by atoms with Crippen molar-refractivity contribution < 1.29 is 4.79 Å². The van der Waals surface area contributed by atoms with Gasteiger partial charge in [-0.05, 0) is 48.2 Å². The average Bonchev–Trinajstić information content (AvgIpc) is 3.19. The number of nitrogens with zero attached hydrogens (tertiary/aromatic N) is 6. The summed E-state index contributed by atoms with van der Waals surface area (Å²) in [5.74, 6) is 1.63. The molecule has 1 N–H and O–H groups in total. The molecule has 1 aliphatic carbocycles. The molecule has 1 saturated heterocycles. The molecule has 2 heterocycles. The first-order valence-corrected chi connectivity index (χ1v) is 10.7. The predicted molar refractivity (Wildman–Crippen MR) is 112 cm³/mol. The summed E-state index contributed by atoms with van der Waals surface area (Å²) in [5, 5.41) is 15.5. The van der Waals surface area contributed by atoms with E-state index >= 15 is 0 Å². The summed E-state index contributed by atoms with van der Waals surface area (Å²) in [6.45, 7) is 8.09. The van der Waals surface area contributed by atoms with Crippen molar-refractivity contribution in [1.29, 1.82) is 0 Å². The van der Waals surface area contributed by atoms with Crippen LogP contribution in [0.4, 0.5) is 5.95 Å². The number of hydrogen-bond acceptors (Lipinski definition) is 6. The molecule has 0 spiro atoms. The van der Waals surface area contributed by atoms with Gasteiger partial charge < -0.3 is 10.2 Å². The van der Waals surface area contributed by atoms with Crippen LogP contribution >= 0.6 is 0 Å². The van der Waals surface area contributed by atoms with Crippen molar-refractivity contribution in [2.45, 2.75) is 45.6 Å². The van der Waals surface area contributed by atoms with Crippen molar-refractivity contribution in [3.8, 4) is 5.69 Å². The van der Waals surface area contributed by atoms with Gasteiger partial charge in [0, 0.05) is 32.2 Å².